The second-order valence-electron chi connectivity index (χ2n) is 7.44. The van der Waals surface area contributed by atoms with Gasteiger partial charge in [-0.05, 0) is 12.8 Å². The predicted molar refractivity (Wildman–Crippen MR) is 113 cm³/mol. The highest BCUT2D eigenvalue weighted by Gasteiger charge is 2.02. The van der Waals surface area contributed by atoms with Crippen LogP contribution in [0.1, 0.15) is 110 Å². The normalized spacial score (nSPS) is 11.0. The summed E-state index contributed by atoms with van der Waals surface area (Å²) in [5.74, 6) is -0.105. The first-order chi connectivity index (χ1) is 13.3. The van der Waals surface area contributed by atoms with E-state index in [1.54, 1.807) is 0 Å². The van der Waals surface area contributed by atoms with Gasteiger partial charge < -0.3 is 14.2 Å². The van der Waals surface area contributed by atoms with Crippen molar-refractivity contribution in [3.05, 3.63) is 0 Å². The minimum atomic E-state index is -0.105. The van der Waals surface area contributed by atoms with Crippen LogP contribution in [-0.2, 0) is 19.0 Å². The number of carbonyl (C=O) groups excluding carboxylic acids is 1. The van der Waals surface area contributed by atoms with Crippen LogP contribution in [-0.4, -0.2) is 39.0 Å². The summed E-state index contributed by atoms with van der Waals surface area (Å²) in [7, 11) is 0. The standard InChI is InChI=1S/C23H46O4/c1-3-5-7-9-10-11-12-13-14-16-18-25-19-20-26-21-22-27-23(24)17-15-8-6-4-2/h3-22H2,1-2H3. The van der Waals surface area contributed by atoms with Gasteiger partial charge in [-0.3, -0.25) is 4.79 Å². The quantitative estimate of drug-likeness (QED) is 0.158. The van der Waals surface area contributed by atoms with E-state index in [0.29, 0.717) is 32.8 Å². The fourth-order valence-electron chi connectivity index (χ4n) is 3.00. The lowest BCUT2D eigenvalue weighted by atomic mass is 10.1. The molecular weight excluding hydrogens is 340 g/mol. The van der Waals surface area contributed by atoms with E-state index in [4.69, 9.17) is 14.2 Å². The third kappa shape index (κ3) is 23.4. The predicted octanol–water partition coefficient (Wildman–Crippen LogP) is 6.45. The maximum atomic E-state index is 11.5. The number of ether oxygens (including phenoxy) is 3. The Bertz CT molecular complexity index is 294. The first-order valence-corrected chi connectivity index (χ1v) is 11.6. The van der Waals surface area contributed by atoms with Crippen LogP contribution in [0, 0.1) is 0 Å². The van der Waals surface area contributed by atoms with Gasteiger partial charge in [-0.1, -0.05) is 90.9 Å². The summed E-state index contributed by atoms with van der Waals surface area (Å²) in [4.78, 5) is 11.5. The topological polar surface area (TPSA) is 44.8 Å². The van der Waals surface area contributed by atoms with Crippen molar-refractivity contribution < 1.29 is 19.0 Å². The van der Waals surface area contributed by atoms with E-state index < -0.39 is 0 Å². The minimum absolute atomic E-state index is 0.105. The number of unbranched alkanes of at least 4 members (excludes halogenated alkanes) is 12. The maximum absolute atomic E-state index is 11.5. The maximum Gasteiger partial charge on any atom is 0.305 e. The lowest BCUT2D eigenvalue weighted by Gasteiger charge is -2.07. The largest absolute Gasteiger partial charge is 0.463 e. The Balaban J connectivity index is 3.07. The van der Waals surface area contributed by atoms with E-state index in [1.165, 1.54) is 70.6 Å². The molecule has 0 rings (SSSR count). The number of rotatable bonds is 22. The van der Waals surface area contributed by atoms with Crippen molar-refractivity contribution in [2.24, 2.45) is 0 Å². The molecule has 0 spiro atoms. The van der Waals surface area contributed by atoms with E-state index >= 15 is 0 Å². The summed E-state index contributed by atoms with van der Waals surface area (Å²) in [5.41, 5.74) is 0. The molecule has 0 amide bonds. The Kier molecular flexibility index (Phi) is 22.9. The molecule has 0 saturated heterocycles. The highest BCUT2D eigenvalue weighted by molar-refractivity contribution is 5.69. The van der Waals surface area contributed by atoms with Gasteiger partial charge in [-0.25, -0.2) is 0 Å². The fourth-order valence-corrected chi connectivity index (χ4v) is 3.00. The molecule has 0 heterocycles. The Labute approximate surface area is 168 Å². The van der Waals surface area contributed by atoms with Crippen molar-refractivity contribution in [1.29, 1.82) is 0 Å². The molecule has 0 aliphatic carbocycles. The minimum Gasteiger partial charge on any atom is -0.463 e. The summed E-state index contributed by atoms with van der Waals surface area (Å²) in [6, 6.07) is 0. The first kappa shape index (κ1) is 26.4. The van der Waals surface area contributed by atoms with Crippen molar-refractivity contribution >= 4 is 5.97 Å². The second-order valence-corrected chi connectivity index (χ2v) is 7.44. The van der Waals surface area contributed by atoms with Gasteiger partial charge in [-0.2, -0.15) is 0 Å². The highest BCUT2D eigenvalue weighted by Crippen LogP contribution is 2.10. The lowest BCUT2D eigenvalue weighted by Crippen LogP contribution is -2.13. The number of hydrogen-bond donors (Lipinski definition) is 0. The van der Waals surface area contributed by atoms with Gasteiger partial charge >= 0.3 is 5.97 Å². The third-order valence-electron chi connectivity index (χ3n) is 4.74. The van der Waals surface area contributed by atoms with Crippen LogP contribution in [0.4, 0.5) is 0 Å². The van der Waals surface area contributed by atoms with E-state index in [9.17, 15) is 4.79 Å². The Morgan fingerprint density at radius 2 is 0.963 bits per heavy atom. The zero-order valence-electron chi connectivity index (χ0n) is 18.3. The Hall–Kier alpha value is -0.610. The molecule has 0 aromatic heterocycles. The van der Waals surface area contributed by atoms with E-state index in [1.807, 2.05) is 0 Å². The van der Waals surface area contributed by atoms with Crippen LogP contribution < -0.4 is 0 Å². The summed E-state index contributed by atoms with van der Waals surface area (Å²) in [6.45, 7) is 7.27. The third-order valence-corrected chi connectivity index (χ3v) is 4.74. The SMILES string of the molecule is CCCCCCCCCCCCOCCOCCOC(=O)CCCCCC. The van der Waals surface area contributed by atoms with Gasteiger partial charge in [0.1, 0.15) is 6.61 Å². The molecule has 0 aromatic rings. The lowest BCUT2D eigenvalue weighted by molar-refractivity contribution is -0.145. The molecule has 162 valence electrons. The number of hydrogen-bond acceptors (Lipinski definition) is 4. The van der Waals surface area contributed by atoms with Crippen molar-refractivity contribution in [3.8, 4) is 0 Å². The zero-order valence-corrected chi connectivity index (χ0v) is 18.3. The Morgan fingerprint density at radius 1 is 0.519 bits per heavy atom. The fraction of sp³-hybridized carbons (Fsp3) is 0.957. The molecule has 0 bridgehead atoms. The molecule has 0 saturated carbocycles. The van der Waals surface area contributed by atoms with Gasteiger partial charge in [0.15, 0.2) is 0 Å². The van der Waals surface area contributed by atoms with Crippen LogP contribution >= 0.6 is 0 Å². The van der Waals surface area contributed by atoms with E-state index in [2.05, 4.69) is 13.8 Å². The van der Waals surface area contributed by atoms with Gasteiger partial charge in [0, 0.05) is 13.0 Å². The summed E-state index contributed by atoms with van der Waals surface area (Å²) in [6.07, 6.45) is 18.4. The van der Waals surface area contributed by atoms with Crippen molar-refractivity contribution in [2.45, 2.75) is 110 Å². The summed E-state index contributed by atoms with van der Waals surface area (Å²) in [5, 5.41) is 0. The molecule has 0 radical (unpaired) electrons. The molecule has 4 heteroatoms. The van der Waals surface area contributed by atoms with Crippen molar-refractivity contribution in [3.63, 3.8) is 0 Å². The van der Waals surface area contributed by atoms with Crippen LogP contribution in [0.2, 0.25) is 0 Å². The first-order valence-electron chi connectivity index (χ1n) is 11.6. The molecule has 0 fully saturated rings. The molecule has 0 aliphatic rings. The average Bonchev–Trinajstić information content (AvgIpc) is 2.67. The molecule has 0 aromatic carbocycles. The average molecular weight is 387 g/mol. The molecule has 4 nitrogen and oxygen atoms in total. The molecule has 0 N–H and O–H groups in total. The van der Waals surface area contributed by atoms with Crippen LogP contribution in [0.15, 0.2) is 0 Å². The molecule has 27 heavy (non-hydrogen) atoms. The van der Waals surface area contributed by atoms with Crippen LogP contribution in [0.25, 0.3) is 0 Å². The molecular formula is C23H46O4. The van der Waals surface area contributed by atoms with Crippen LogP contribution in [0.3, 0.4) is 0 Å². The zero-order chi connectivity index (χ0) is 19.8. The highest BCUT2D eigenvalue weighted by atomic mass is 16.6. The van der Waals surface area contributed by atoms with Crippen molar-refractivity contribution in [1.82, 2.24) is 0 Å². The van der Waals surface area contributed by atoms with E-state index in [-0.39, 0.29) is 5.97 Å². The van der Waals surface area contributed by atoms with Gasteiger partial charge in [-0.15, -0.1) is 0 Å². The van der Waals surface area contributed by atoms with Gasteiger partial charge in [0.05, 0.1) is 19.8 Å². The number of esters is 1. The molecule has 0 atom stereocenters. The Morgan fingerprint density at radius 3 is 1.56 bits per heavy atom. The number of carbonyl (C=O) groups is 1. The van der Waals surface area contributed by atoms with Crippen molar-refractivity contribution in [2.75, 3.05) is 33.0 Å². The van der Waals surface area contributed by atoms with Gasteiger partial charge in [0.25, 0.3) is 0 Å². The van der Waals surface area contributed by atoms with Crippen LogP contribution in [0.5, 0.6) is 0 Å². The molecule has 0 unspecified atom stereocenters. The van der Waals surface area contributed by atoms with Gasteiger partial charge in [0.2, 0.25) is 0 Å². The van der Waals surface area contributed by atoms with E-state index in [0.717, 1.165) is 25.9 Å². The summed E-state index contributed by atoms with van der Waals surface area (Å²) < 4.78 is 16.1. The monoisotopic (exact) mass is 386 g/mol. The second kappa shape index (κ2) is 23.4. The smallest absolute Gasteiger partial charge is 0.305 e. The molecule has 0 aliphatic heterocycles. The summed E-state index contributed by atoms with van der Waals surface area (Å²) >= 11 is 0.